The molecule has 2 heterocycles. The molecule has 0 aromatic carbocycles. The third-order valence-corrected chi connectivity index (χ3v) is 1.80. The molecule has 16 heavy (non-hydrogen) atoms. The molecule has 0 saturated carbocycles. The number of H-pyrrole nitrogens is 1. The van der Waals surface area contributed by atoms with E-state index in [9.17, 15) is 0 Å². The van der Waals surface area contributed by atoms with Gasteiger partial charge in [0.25, 0.3) is 0 Å². The summed E-state index contributed by atoms with van der Waals surface area (Å²) >= 11 is 0. The predicted octanol–water partition coefficient (Wildman–Crippen LogP) is 0.233. The lowest BCUT2D eigenvalue weighted by molar-refractivity contribution is 0.581. The summed E-state index contributed by atoms with van der Waals surface area (Å²) in [5.74, 6) is 1.37. The average Bonchev–Trinajstić information content (AvgIpc) is 2.90. The van der Waals surface area contributed by atoms with E-state index in [2.05, 4.69) is 37.2 Å². The molecular weight excluding hydrogens is 206 g/mol. The van der Waals surface area contributed by atoms with E-state index < -0.39 is 0 Å². The van der Waals surface area contributed by atoms with E-state index in [0.717, 1.165) is 0 Å². The van der Waals surface area contributed by atoms with Crippen LogP contribution >= 0.6 is 0 Å². The molecule has 0 spiro atoms. The van der Waals surface area contributed by atoms with Crippen LogP contribution in [0.5, 0.6) is 0 Å². The number of tetrazole rings is 1. The molecule has 0 aliphatic rings. The first-order valence-corrected chi connectivity index (χ1v) is 4.78. The highest BCUT2D eigenvalue weighted by Gasteiger charge is 1.98. The fraction of sp³-hybridized carbons (Fsp3) is 0.222. The van der Waals surface area contributed by atoms with Gasteiger partial charge < -0.3 is 0 Å². The predicted molar refractivity (Wildman–Crippen MR) is 57.1 cm³/mol. The summed E-state index contributed by atoms with van der Waals surface area (Å²) in [6.45, 7) is 4.16. The van der Waals surface area contributed by atoms with Gasteiger partial charge in [-0.3, -0.25) is 5.10 Å². The highest BCUT2D eigenvalue weighted by atomic mass is 15.6. The minimum absolute atomic E-state index is 0.546. The van der Waals surface area contributed by atoms with Crippen molar-refractivity contribution in [1.29, 1.82) is 0 Å². The number of rotatable bonds is 5. The Hall–Kier alpha value is -2.31. The summed E-state index contributed by atoms with van der Waals surface area (Å²) in [5.41, 5.74) is 0. The normalized spacial score (nSPS) is 11.0. The smallest absolute Gasteiger partial charge is 0.178 e. The topological polar surface area (TPSA) is 85.2 Å². The van der Waals surface area contributed by atoms with Gasteiger partial charge in [0.1, 0.15) is 12.2 Å². The molecule has 0 aliphatic heterocycles. The molecule has 0 unspecified atom stereocenters. The van der Waals surface area contributed by atoms with Gasteiger partial charge >= 0.3 is 0 Å². The Morgan fingerprint density at radius 1 is 1.50 bits per heavy atom. The van der Waals surface area contributed by atoms with Gasteiger partial charge in [0, 0.05) is 6.42 Å². The molecule has 2 aromatic rings. The van der Waals surface area contributed by atoms with Gasteiger partial charge in [0.2, 0.25) is 0 Å². The van der Waals surface area contributed by atoms with Gasteiger partial charge in [0.05, 0.1) is 6.54 Å². The lowest BCUT2D eigenvalue weighted by atomic mass is 10.4. The third kappa shape index (κ3) is 2.59. The van der Waals surface area contributed by atoms with Crippen LogP contribution in [0.25, 0.3) is 6.08 Å². The van der Waals surface area contributed by atoms with Crippen LogP contribution in [0.1, 0.15) is 11.6 Å². The average molecular weight is 217 g/mol. The first-order chi connectivity index (χ1) is 7.88. The lowest BCUT2D eigenvalue weighted by Gasteiger charge is -1.89. The maximum atomic E-state index is 4.14. The number of nitrogens with zero attached hydrogens (tertiary/aromatic N) is 6. The molecule has 1 N–H and O–H groups in total. The van der Waals surface area contributed by atoms with Crippen molar-refractivity contribution in [1.82, 2.24) is 35.4 Å². The Kier molecular flexibility index (Phi) is 3.17. The van der Waals surface area contributed by atoms with Crippen molar-refractivity contribution in [3.8, 4) is 0 Å². The van der Waals surface area contributed by atoms with Crippen LogP contribution in [-0.4, -0.2) is 35.4 Å². The zero-order chi connectivity index (χ0) is 11.2. The van der Waals surface area contributed by atoms with Crippen molar-refractivity contribution in [3.63, 3.8) is 0 Å². The molecule has 7 nitrogen and oxygen atoms in total. The number of hydrogen-bond acceptors (Lipinski definition) is 5. The summed E-state index contributed by atoms with van der Waals surface area (Å²) in [5, 5.41) is 18.3. The summed E-state index contributed by atoms with van der Waals surface area (Å²) in [7, 11) is 0. The summed E-state index contributed by atoms with van der Waals surface area (Å²) in [4.78, 5) is 5.46. The molecule has 0 amide bonds. The largest absolute Gasteiger partial charge is 0.260 e. The van der Waals surface area contributed by atoms with Gasteiger partial charge in [-0.25, -0.2) is 4.98 Å². The van der Waals surface area contributed by atoms with Gasteiger partial charge in [-0.05, 0) is 11.3 Å². The van der Waals surface area contributed by atoms with Crippen LogP contribution in [-0.2, 0) is 13.0 Å². The Bertz CT molecular complexity index is 468. The van der Waals surface area contributed by atoms with E-state index in [1.165, 1.54) is 11.1 Å². The molecular formula is C9H11N7. The zero-order valence-electron chi connectivity index (χ0n) is 8.61. The van der Waals surface area contributed by atoms with Crippen molar-refractivity contribution >= 4 is 6.08 Å². The molecule has 0 radical (unpaired) electrons. The van der Waals surface area contributed by atoms with Crippen LogP contribution in [0.4, 0.5) is 0 Å². The van der Waals surface area contributed by atoms with Crippen molar-refractivity contribution in [2.75, 3.05) is 0 Å². The van der Waals surface area contributed by atoms with Gasteiger partial charge in [0.15, 0.2) is 5.82 Å². The summed E-state index contributed by atoms with van der Waals surface area (Å²) in [6.07, 6.45) is 7.51. The van der Waals surface area contributed by atoms with Crippen molar-refractivity contribution in [3.05, 3.63) is 36.7 Å². The first-order valence-electron chi connectivity index (χ1n) is 4.78. The van der Waals surface area contributed by atoms with Gasteiger partial charge in [-0.1, -0.05) is 12.2 Å². The molecule has 7 heteroatoms. The second-order valence-electron chi connectivity index (χ2n) is 3.03. The molecule has 2 rings (SSSR count). The highest BCUT2D eigenvalue weighted by Crippen LogP contribution is 1.92. The van der Waals surface area contributed by atoms with E-state index in [4.69, 9.17) is 0 Å². The van der Waals surface area contributed by atoms with Crippen LogP contribution < -0.4 is 0 Å². The number of aromatic nitrogens is 7. The van der Waals surface area contributed by atoms with E-state index in [1.807, 2.05) is 12.2 Å². The molecule has 0 atom stereocenters. The van der Waals surface area contributed by atoms with Crippen molar-refractivity contribution < 1.29 is 0 Å². The molecule has 0 fully saturated rings. The zero-order valence-corrected chi connectivity index (χ0v) is 8.61. The SMILES string of the molecule is C=CCc1nnn(CC=Cc2ncn[nH]2)n1. The van der Waals surface area contributed by atoms with E-state index >= 15 is 0 Å². The maximum Gasteiger partial charge on any atom is 0.178 e. The summed E-state index contributed by atoms with van der Waals surface area (Å²) < 4.78 is 0. The van der Waals surface area contributed by atoms with Crippen LogP contribution in [0.15, 0.2) is 25.1 Å². The lowest BCUT2D eigenvalue weighted by Crippen LogP contribution is -2.00. The highest BCUT2D eigenvalue weighted by molar-refractivity contribution is 5.37. The van der Waals surface area contributed by atoms with Crippen LogP contribution in [0.3, 0.4) is 0 Å². The third-order valence-electron chi connectivity index (χ3n) is 1.80. The van der Waals surface area contributed by atoms with E-state index in [1.54, 1.807) is 6.08 Å². The molecule has 0 saturated heterocycles. The number of hydrogen-bond donors (Lipinski definition) is 1. The Labute approximate surface area is 91.9 Å². The molecule has 0 bridgehead atoms. The van der Waals surface area contributed by atoms with Crippen LogP contribution in [0.2, 0.25) is 0 Å². The molecule has 0 aliphatic carbocycles. The molecule has 82 valence electrons. The van der Waals surface area contributed by atoms with Gasteiger partial charge in [-0.15, -0.1) is 16.8 Å². The van der Waals surface area contributed by atoms with Gasteiger partial charge in [-0.2, -0.15) is 9.90 Å². The Morgan fingerprint density at radius 2 is 2.44 bits per heavy atom. The van der Waals surface area contributed by atoms with Crippen molar-refractivity contribution in [2.24, 2.45) is 0 Å². The molecule has 2 aromatic heterocycles. The van der Waals surface area contributed by atoms with E-state index in [-0.39, 0.29) is 0 Å². The second-order valence-corrected chi connectivity index (χ2v) is 3.03. The number of nitrogens with one attached hydrogen (secondary N) is 1. The Balaban J connectivity index is 1.91. The monoisotopic (exact) mass is 217 g/mol. The van der Waals surface area contributed by atoms with Crippen LogP contribution in [0, 0.1) is 0 Å². The standard InChI is InChI=1S/C9H11N7/c1-2-4-9-13-15-16(14-9)6-3-5-8-10-7-11-12-8/h2-3,5,7H,1,4,6H2,(H,10,11,12). The minimum atomic E-state index is 0.546. The Morgan fingerprint density at radius 3 is 3.19 bits per heavy atom. The number of allylic oxidation sites excluding steroid dienone is 2. The first kappa shape index (κ1) is 10.2. The minimum Gasteiger partial charge on any atom is -0.260 e. The van der Waals surface area contributed by atoms with Crippen molar-refractivity contribution in [2.45, 2.75) is 13.0 Å². The number of aromatic amines is 1. The quantitative estimate of drug-likeness (QED) is 0.725. The maximum absolute atomic E-state index is 4.14. The fourth-order valence-electron chi connectivity index (χ4n) is 1.12. The van der Waals surface area contributed by atoms with E-state index in [0.29, 0.717) is 24.6 Å². The summed E-state index contributed by atoms with van der Waals surface area (Å²) in [6, 6.07) is 0. The fourth-order valence-corrected chi connectivity index (χ4v) is 1.12. The second kappa shape index (κ2) is 4.96.